The molecule has 13 heavy (non-hydrogen) atoms. The maximum absolute atomic E-state index is 12.9. The molecule has 70 valence electrons. The molecular weight excluding hydrogens is 245 g/mol. The van der Waals surface area contributed by atoms with Crippen LogP contribution in [0.15, 0.2) is 16.6 Å². The van der Waals surface area contributed by atoms with Gasteiger partial charge >= 0.3 is 0 Å². The van der Waals surface area contributed by atoms with Crippen LogP contribution in [0.2, 0.25) is 0 Å². The highest BCUT2D eigenvalue weighted by molar-refractivity contribution is 9.10. The molecule has 0 saturated heterocycles. The van der Waals surface area contributed by atoms with E-state index in [1.165, 1.54) is 6.07 Å². The van der Waals surface area contributed by atoms with Crippen LogP contribution < -0.4 is 0 Å². The number of benzene rings is 1. The average Bonchev–Trinajstić information content (AvgIpc) is 2.07. The van der Waals surface area contributed by atoms with Crippen molar-refractivity contribution >= 4 is 21.6 Å². The number of hydrogen-bond donors (Lipinski definition) is 1. The second-order valence-corrected chi connectivity index (χ2v) is 3.13. The monoisotopic (exact) mass is 249 g/mol. The van der Waals surface area contributed by atoms with Crippen molar-refractivity contribution in [1.82, 2.24) is 0 Å². The van der Waals surface area contributed by atoms with Crippen molar-refractivity contribution in [2.45, 2.75) is 6.61 Å². The van der Waals surface area contributed by atoms with Crippen molar-refractivity contribution in [2.24, 2.45) is 0 Å². The van der Waals surface area contributed by atoms with Gasteiger partial charge in [0.25, 0.3) is 5.69 Å². The number of hydrogen-bond acceptors (Lipinski definition) is 3. The molecule has 0 aliphatic rings. The number of nitro groups is 1. The van der Waals surface area contributed by atoms with E-state index in [-0.39, 0.29) is 10.0 Å². The molecule has 4 nitrogen and oxygen atoms in total. The summed E-state index contributed by atoms with van der Waals surface area (Å²) in [6, 6.07) is 2.29. The van der Waals surface area contributed by atoms with Crippen LogP contribution >= 0.6 is 15.9 Å². The lowest BCUT2D eigenvalue weighted by Gasteiger charge is -2.02. The largest absolute Gasteiger partial charge is 0.391 e. The van der Waals surface area contributed by atoms with E-state index in [2.05, 4.69) is 15.9 Å². The van der Waals surface area contributed by atoms with Gasteiger partial charge in [0.15, 0.2) is 0 Å². The Morgan fingerprint density at radius 1 is 1.62 bits per heavy atom. The van der Waals surface area contributed by atoms with Crippen LogP contribution in [0.25, 0.3) is 0 Å². The van der Waals surface area contributed by atoms with Crippen molar-refractivity contribution in [1.29, 1.82) is 0 Å². The highest BCUT2D eigenvalue weighted by Gasteiger charge is 2.21. The molecular formula is C7H5BrFNO3. The molecule has 0 fully saturated rings. The topological polar surface area (TPSA) is 63.4 Å². The zero-order valence-corrected chi connectivity index (χ0v) is 7.91. The smallest absolute Gasteiger partial charge is 0.291 e. The fourth-order valence-corrected chi connectivity index (χ4v) is 1.45. The number of nitrogens with zero attached hydrogens (tertiary/aromatic N) is 1. The molecule has 0 aliphatic carbocycles. The summed E-state index contributed by atoms with van der Waals surface area (Å²) in [4.78, 5) is 9.71. The highest BCUT2D eigenvalue weighted by Crippen LogP contribution is 2.30. The molecule has 0 bridgehead atoms. The van der Waals surface area contributed by atoms with Gasteiger partial charge in [0.1, 0.15) is 5.82 Å². The Bertz CT molecular complexity index is 356. The Morgan fingerprint density at radius 3 is 2.62 bits per heavy atom. The fourth-order valence-electron chi connectivity index (χ4n) is 0.931. The van der Waals surface area contributed by atoms with Gasteiger partial charge in [-0.3, -0.25) is 10.1 Å². The number of aliphatic hydroxyl groups excluding tert-OH is 1. The summed E-state index contributed by atoms with van der Waals surface area (Å²) in [7, 11) is 0. The molecule has 0 spiro atoms. The first kappa shape index (κ1) is 10.1. The Morgan fingerprint density at radius 2 is 2.23 bits per heavy atom. The number of rotatable bonds is 2. The molecule has 6 heteroatoms. The Balaban J connectivity index is 3.43. The molecule has 1 aromatic carbocycles. The molecule has 0 saturated carbocycles. The van der Waals surface area contributed by atoms with Gasteiger partial charge in [-0.1, -0.05) is 0 Å². The maximum atomic E-state index is 12.9. The lowest BCUT2D eigenvalue weighted by Crippen LogP contribution is -1.99. The first-order valence-electron chi connectivity index (χ1n) is 3.30. The van der Waals surface area contributed by atoms with Crippen LogP contribution in [-0.4, -0.2) is 10.0 Å². The van der Waals surface area contributed by atoms with Gasteiger partial charge in [-0.2, -0.15) is 0 Å². The molecule has 0 amide bonds. The summed E-state index contributed by atoms with van der Waals surface area (Å²) in [6.07, 6.45) is 0. The van der Waals surface area contributed by atoms with E-state index in [9.17, 15) is 14.5 Å². The SMILES string of the molecule is O=[N+]([O-])c1c(Br)ccc(F)c1CO. The van der Waals surface area contributed by atoms with Gasteiger partial charge in [0.05, 0.1) is 21.6 Å². The first-order valence-corrected chi connectivity index (χ1v) is 4.09. The van der Waals surface area contributed by atoms with Crippen molar-refractivity contribution in [3.05, 3.63) is 38.1 Å². The highest BCUT2D eigenvalue weighted by atomic mass is 79.9. The molecule has 0 heterocycles. The first-order chi connectivity index (χ1) is 6.07. The zero-order chi connectivity index (χ0) is 10.0. The maximum Gasteiger partial charge on any atom is 0.291 e. The van der Waals surface area contributed by atoms with E-state index in [1.54, 1.807) is 0 Å². The molecule has 0 atom stereocenters. The van der Waals surface area contributed by atoms with E-state index in [4.69, 9.17) is 5.11 Å². The minimum atomic E-state index is -0.780. The number of nitro benzene ring substituents is 1. The summed E-state index contributed by atoms with van der Waals surface area (Å²) in [6.45, 7) is -0.693. The van der Waals surface area contributed by atoms with E-state index < -0.39 is 23.0 Å². The lowest BCUT2D eigenvalue weighted by atomic mass is 10.2. The molecule has 1 N–H and O–H groups in total. The summed E-state index contributed by atoms with van der Waals surface area (Å²) in [5.41, 5.74) is -0.734. The molecule has 0 radical (unpaired) electrons. The second-order valence-electron chi connectivity index (χ2n) is 2.27. The third kappa shape index (κ3) is 1.84. The molecule has 0 unspecified atom stereocenters. The molecule has 1 rings (SSSR count). The second kappa shape index (κ2) is 3.80. The van der Waals surface area contributed by atoms with Crippen molar-refractivity contribution < 1.29 is 14.4 Å². The van der Waals surface area contributed by atoms with Crippen LogP contribution in [0.5, 0.6) is 0 Å². The number of halogens is 2. The third-order valence-corrected chi connectivity index (χ3v) is 2.16. The van der Waals surface area contributed by atoms with Crippen LogP contribution in [-0.2, 0) is 6.61 Å². The van der Waals surface area contributed by atoms with Crippen LogP contribution in [0.1, 0.15) is 5.56 Å². The van der Waals surface area contributed by atoms with E-state index in [0.717, 1.165) is 6.07 Å². The molecule has 0 aromatic heterocycles. The predicted octanol–water partition coefficient (Wildman–Crippen LogP) is 1.99. The third-order valence-electron chi connectivity index (χ3n) is 1.52. The van der Waals surface area contributed by atoms with Crippen LogP contribution in [0.4, 0.5) is 10.1 Å². The molecule has 0 aliphatic heterocycles. The average molecular weight is 250 g/mol. The van der Waals surface area contributed by atoms with Gasteiger partial charge in [0.2, 0.25) is 0 Å². The molecule has 1 aromatic rings. The van der Waals surface area contributed by atoms with Crippen LogP contribution in [0, 0.1) is 15.9 Å². The standard InChI is InChI=1S/C7H5BrFNO3/c8-5-1-2-6(9)4(3-11)7(5)10(12)13/h1-2,11H,3H2. The quantitative estimate of drug-likeness (QED) is 0.644. The van der Waals surface area contributed by atoms with Crippen molar-refractivity contribution in [3.63, 3.8) is 0 Å². The fraction of sp³-hybridized carbons (Fsp3) is 0.143. The van der Waals surface area contributed by atoms with Gasteiger partial charge in [-0.25, -0.2) is 4.39 Å². The van der Waals surface area contributed by atoms with Crippen molar-refractivity contribution in [2.75, 3.05) is 0 Å². The van der Waals surface area contributed by atoms with E-state index in [0.29, 0.717) is 0 Å². The summed E-state index contributed by atoms with van der Waals surface area (Å²) < 4.78 is 13.1. The Labute approximate surface area is 81.3 Å². The summed E-state index contributed by atoms with van der Waals surface area (Å²) >= 11 is 2.90. The van der Waals surface area contributed by atoms with Crippen molar-refractivity contribution in [3.8, 4) is 0 Å². The van der Waals surface area contributed by atoms with Crippen LogP contribution in [0.3, 0.4) is 0 Å². The van der Waals surface area contributed by atoms with Gasteiger partial charge < -0.3 is 5.11 Å². The van der Waals surface area contributed by atoms with E-state index in [1.807, 2.05) is 0 Å². The van der Waals surface area contributed by atoms with Gasteiger partial charge in [-0.15, -0.1) is 0 Å². The minimum absolute atomic E-state index is 0.156. The Kier molecular flexibility index (Phi) is 2.94. The van der Waals surface area contributed by atoms with E-state index >= 15 is 0 Å². The number of aliphatic hydroxyl groups is 1. The van der Waals surface area contributed by atoms with Gasteiger partial charge in [0, 0.05) is 0 Å². The Hall–Kier alpha value is -1.01. The van der Waals surface area contributed by atoms with Gasteiger partial charge in [-0.05, 0) is 28.1 Å². The lowest BCUT2D eigenvalue weighted by molar-refractivity contribution is -0.386. The zero-order valence-electron chi connectivity index (χ0n) is 6.33. The normalized spacial score (nSPS) is 10.1. The summed E-state index contributed by atoms with van der Waals surface area (Å²) in [5.74, 6) is -0.780. The minimum Gasteiger partial charge on any atom is -0.391 e. The predicted molar refractivity (Wildman–Crippen MR) is 46.7 cm³/mol. The summed E-state index contributed by atoms with van der Waals surface area (Å²) in [5, 5.41) is 19.2.